The fourth-order valence-electron chi connectivity index (χ4n) is 3.76. The number of aliphatic hydroxyl groups is 1. The zero-order chi connectivity index (χ0) is 20.4. The van der Waals surface area contributed by atoms with Crippen molar-refractivity contribution in [3.8, 4) is 0 Å². The van der Waals surface area contributed by atoms with E-state index in [2.05, 4.69) is 38.9 Å². The molecule has 152 valence electrons. The van der Waals surface area contributed by atoms with E-state index < -0.39 is 6.10 Å². The first-order valence-electron chi connectivity index (χ1n) is 10.2. The summed E-state index contributed by atoms with van der Waals surface area (Å²) in [7, 11) is 1.82. The molecule has 0 bridgehead atoms. The highest BCUT2D eigenvalue weighted by atomic mass is 16.3. The van der Waals surface area contributed by atoms with Gasteiger partial charge in [0.15, 0.2) is 5.82 Å². The van der Waals surface area contributed by atoms with E-state index >= 15 is 0 Å². The molecule has 3 aromatic rings. The van der Waals surface area contributed by atoms with Gasteiger partial charge in [-0.3, -0.25) is 0 Å². The molecule has 2 aromatic heterocycles. The van der Waals surface area contributed by atoms with Gasteiger partial charge in [0.25, 0.3) is 0 Å². The van der Waals surface area contributed by atoms with E-state index in [1.807, 2.05) is 32.2 Å². The van der Waals surface area contributed by atoms with E-state index in [4.69, 9.17) is 9.97 Å². The predicted molar refractivity (Wildman–Crippen MR) is 115 cm³/mol. The first-order valence-corrected chi connectivity index (χ1v) is 10.2. The van der Waals surface area contributed by atoms with Crippen LogP contribution >= 0.6 is 0 Å². The fourth-order valence-corrected chi connectivity index (χ4v) is 3.76. The fraction of sp³-hybridized carbons (Fsp3) is 0.429. The highest BCUT2D eigenvalue weighted by Gasteiger charge is 2.31. The van der Waals surface area contributed by atoms with Crippen LogP contribution in [0.1, 0.15) is 43.1 Å². The molecule has 1 aliphatic rings. The number of hydrogen-bond acceptors (Lipinski definition) is 8. The average molecular weight is 393 g/mol. The maximum absolute atomic E-state index is 10.6. The zero-order valence-electron chi connectivity index (χ0n) is 17.0. The second-order valence-corrected chi connectivity index (χ2v) is 7.21. The van der Waals surface area contributed by atoms with Crippen molar-refractivity contribution < 1.29 is 5.11 Å². The monoisotopic (exact) mass is 393 g/mol. The Bertz CT molecular complexity index is 1020. The van der Waals surface area contributed by atoms with Crippen molar-refractivity contribution >= 4 is 28.7 Å². The van der Waals surface area contributed by atoms with Crippen molar-refractivity contribution in [2.45, 2.75) is 45.3 Å². The number of fused-ring (bicyclic) bond motifs is 2. The Hall–Kier alpha value is -3.00. The number of nitrogens with one attached hydrogen (secondary N) is 3. The lowest BCUT2D eigenvalue weighted by molar-refractivity contribution is 0.165. The Kier molecular flexibility index (Phi) is 5.44. The smallest absolute Gasteiger partial charge is 0.225 e. The molecule has 8 nitrogen and oxygen atoms in total. The van der Waals surface area contributed by atoms with E-state index in [0.717, 1.165) is 35.3 Å². The predicted octanol–water partition coefficient (Wildman–Crippen LogP) is 2.92. The lowest BCUT2D eigenvalue weighted by Crippen LogP contribution is -2.22. The van der Waals surface area contributed by atoms with Gasteiger partial charge in [0.05, 0.1) is 17.8 Å². The van der Waals surface area contributed by atoms with Crippen LogP contribution in [0.25, 0.3) is 11.0 Å². The van der Waals surface area contributed by atoms with Crippen LogP contribution in [0, 0.1) is 0 Å². The molecular formula is C21H27N7O. The Balaban J connectivity index is 1.74. The van der Waals surface area contributed by atoms with E-state index in [-0.39, 0.29) is 6.04 Å². The van der Waals surface area contributed by atoms with Crippen LogP contribution in [0.2, 0.25) is 0 Å². The van der Waals surface area contributed by atoms with Crippen molar-refractivity contribution in [1.82, 2.24) is 19.9 Å². The third-order valence-electron chi connectivity index (χ3n) is 5.21. The highest BCUT2D eigenvalue weighted by molar-refractivity contribution is 5.88. The highest BCUT2D eigenvalue weighted by Crippen LogP contribution is 2.34. The summed E-state index contributed by atoms with van der Waals surface area (Å²) in [5, 5.41) is 20.3. The summed E-state index contributed by atoms with van der Waals surface area (Å²) in [5.41, 5.74) is 4.50. The van der Waals surface area contributed by atoms with E-state index in [0.29, 0.717) is 36.1 Å². The largest absolute Gasteiger partial charge is 0.390 e. The number of anilines is 3. The molecule has 0 saturated heterocycles. The Morgan fingerprint density at radius 2 is 1.83 bits per heavy atom. The third kappa shape index (κ3) is 3.67. The van der Waals surface area contributed by atoms with Crippen molar-refractivity contribution in [2.24, 2.45) is 0 Å². The molecule has 1 aliphatic carbocycles. The van der Waals surface area contributed by atoms with Crippen LogP contribution in [0.5, 0.6) is 0 Å². The van der Waals surface area contributed by atoms with Crippen molar-refractivity contribution in [1.29, 1.82) is 0 Å². The summed E-state index contributed by atoms with van der Waals surface area (Å²) in [6.07, 6.45) is 1.81. The number of rotatable bonds is 7. The van der Waals surface area contributed by atoms with Crippen LogP contribution in [-0.2, 0) is 12.8 Å². The van der Waals surface area contributed by atoms with Crippen LogP contribution < -0.4 is 16.0 Å². The molecule has 0 spiro atoms. The van der Waals surface area contributed by atoms with Gasteiger partial charge in [-0.1, -0.05) is 38.1 Å². The molecule has 2 heterocycles. The minimum Gasteiger partial charge on any atom is -0.390 e. The number of hydrogen-bond donors (Lipinski definition) is 4. The Labute approximate surface area is 170 Å². The molecule has 0 amide bonds. The summed E-state index contributed by atoms with van der Waals surface area (Å²) >= 11 is 0. The molecule has 8 heteroatoms. The zero-order valence-corrected chi connectivity index (χ0v) is 17.0. The van der Waals surface area contributed by atoms with E-state index in [1.54, 1.807) is 0 Å². The summed E-state index contributed by atoms with van der Waals surface area (Å²) in [4.78, 5) is 18.6. The van der Waals surface area contributed by atoms with Gasteiger partial charge < -0.3 is 21.1 Å². The molecule has 0 aliphatic heterocycles. The quantitative estimate of drug-likeness (QED) is 0.485. The second kappa shape index (κ2) is 8.16. The van der Waals surface area contributed by atoms with Crippen molar-refractivity contribution in [2.75, 3.05) is 29.5 Å². The third-order valence-corrected chi connectivity index (χ3v) is 5.21. The molecule has 0 radical (unpaired) electrons. The molecule has 2 atom stereocenters. The second-order valence-electron chi connectivity index (χ2n) is 7.21. The normalized spacial score (nSPS) is 17.9. The van der Waals surface area contributed by atoms with Crippen LogP contribution in [-0.4, -0.2) is 44.7 Å². The summed E-state index contributed by atoms with van der Waals surface area (Å²) < 4.78 is 0. The van der Waals surface area contributed by atoms with Crippen LogP contribution in [0.3, 0.4) is 0 Å². The van der Waals surface area contributed by atoms with Gasteiger partial charge in [-0.2, -0.15) is 4.98 Å². The standard InChI is InChI=1S/C21H27N7O/c1-4-10-23-20-26-17-14(5-2)24-21(27-18(17)19(22-3)28-20)25-16-13-9-7-6-8-12(13)11-15(16)29/h6-9,15-16,29H,4-5,10-11H2,1-3H3,(H,24,25,27)(H2,22,23,26,28)/t15-,16+/m1/s1. The average Bonchev–Trinajstić information content (AvgIpc) is 3.06. The summed E-state index contributed by atoms with van der Waals surface area (Å²) in [6, 6.07) is 7.84. The van der Waals surface area contributed by atoms with Gasteiger partial charge >= 0.3 is 0 Å². The molecule has 29 heavy (non-hydrogen) atoms. The van der Waals surface area contributed by atoms with Gasteiger partial charge in [-0.15, -0.1) is 0 Å². The van der Waals surface area contributed by atoms with Gasteiger partial charge in [0.2, 0.25) is 11.9 Å². The van der Waals surface area contributed by atoms with Gasteiger partial charge in [-0.25, -0.2) is 15.0 Å². The Morgan fingerprint density at radius 3 is 2.59 bits per heavy atom. The first-order chi connectivity index (χ1) is 14.1. The van der Waals surface area contributed by atoms with Crippen molar-refractivity contribution in [3.63, 3.8) is 0 Å². The number of aryl methyl sites for hydroxylation is 1. The molecule has 4 N–H and O–H groups in total. The lowest BCUT2D eigenvalue weighted by Gasteiger charge is -2.19. The molecule has 1 aromatic carbocycles. The van der Waals surface area contributed by atoms with E-state index in [9.17, 15) is 5.11 Å². The molecule has 0 fully saturated rings. The molecule has 0 saturated carbocycles. The SMILES string of the molecule is CCCNc1nc(NC)c2nc(N[C@H]3c4ccccc4C[C@H]3O)nc(CC)c2n1. The lowest BCUT2D eigenvalue weighted by atomic mass is 10.1. The van der Waals surface area contributed by atoms with Crippen LogP contribution in [0.15, 0.2) is 24.3 Å². The molecule has 4 rings (SSSR count). The van der Waals surface area contributed by atoms with Crippen LogP contribution in [0.4, 0.5) is 17.7 Å². The number of nitrogens with zero attached hydrogens (tertiary/aromatic N) is 4. The minimum absolute atomic E-state index is 0.238. The van der Waals surface area contributed by atoms with E-state index in [1.165, 1.54) is 0 Å². The maximum atomic E-state index is 10.6. The number of aliphatic hydroxyl groups excluding tert-OH is 1. The molecular weight excluding hydrogens is 366 g/mol. The maximum Gasteiger partial charge on any atom is 0.225 e. The van der Waals surface area contributed by atoms with Gasteiger partial charge in [-0.05, 0) is 24.0 Å². The molecule has 0 unspecified atom stereocenters. The van der Waals surface area contributed by atoms with Crippen molar-refractivity contribution in [3.05, 3.63) is 41.1 Å². The summed E-state index contributed by atoms with van der Waals surface area (Å²) in [5.74, 6) is 1.70. The number of benzene rings is 1. The minimum atomic E-state index is -0.516. The van der Waals surface area contributed by atoms with Gasteiger partial charge in [0.1, 0.15) is 11.0 Å². The van der Waals surface area contributed by atoms with Gasteiger partial charge in [0, 0.05) is 20.0 Å². The summed E-state index contributed by atoms with van der Waals surface area (Å²) in [6.45, 7) is 4.95. The topological polar surface area (TPSA) is 108 Å². The number of aromatic nitrogens is 4. The Morgan fingerprint density at radius 1 is 1.03 bits per heavy atom. The first kappa shape index (κ1) is 19.3.